The Bertz CT molecular complexity index is 1110. The van der Waals surface area contributed by atoms with E-state index in [9.17, 15) is 9.90 Å². The molecule has 1 aliphatic heterocycles. The second kappa shape index (κ2) is 8.52. The first-order valence-corrected chi connectivity index (χ1v) is 9.77. The highest BCUT2D eigenvalue weighted by atomic mass is 16.5. The molecule has 0 aromatic heterocycles. The van der Waals surface area contributed by atoms with Crippen LogP contribution in [0, 0.1) is 0 Å². The molecule has 30 heavy (non-hydrogen) atoms. The van der Waals surface area contributed by atoms with Crippen LogP contribution in [-0.4, -0.2) is 29.9 Å². The van der Waals surface area contributed by atoms with Gasteiger partial charge in [-0.1, -0.05) is 42.5 Å². The van der Waals surface area contributed by atoms with Gasteiger partial charge in [-0.05, 0) is 47.9 Å². The van der Waals surface area contributed by atoms with Crippen LogP contribution in [0.1, 0.15) is 30.5 Å². The predicted octanol–water partition coefficient (Wildman–Crippen LogP) is 3.00. The van der Waals surface area contributed by atoms with Crippen molar-refractivity contribution in [2.45, 2.75) is 25.4 Å². The molecule has 4 rings (SSSR count). The van der Waals surface area contributed by atoms with Gasteiger partial charge in [-0.2, -0.15) is 5.10 Å². The SMILES string of the molecule is COc1cc(/C(C)=N/NC(=O)C2CC(c3cccc4ccccc34)NN2)ccc1O. The monoisotopic (exact) mass is 404 g/mol. The summed E-state index contributed by atoms with van der Waals surface area (Å²) in [6.07, 6.45) is 0.613. The van der Waals surface area contributed by atoms with Crippen LogP contribution in [-0.2, 0) is 4.79 Å². The van der Waals surface area contributed by atoms with E-state index >= 15 is 0 Å². The number of hydrazone groups is 1. The van der Waals surface area contributed by atoms with E-state index in [1.807, 2.05) is 18.2 Å². The van der Waals surface area contributed by atoms with Crippen molar-refractivity contribution in [3.8, 4) is 11.5 Å². The van der Waals surface area contributed by atoms with Gasteiger partial charge in [0, 0.05) is 11.6 Å². The highest BCUT2D eigenvalue weighted by Gasteiger charge is 2.30. The number of aromatic hydroxyl groups is 1. The van der Waals surface area contributed by atoms with E-state index in [1.54, 1.807) is 19.1 Å². The highest BCUT2D eigenvalue weighted by molar-refractivity contribution is 6.00. The first kappa shape index (κ1) is 19.9. The van der Waals surface area contributed by atoms with E-state index in [-0.39, 0.29) is 17.7 Å². The molecule has 7 heteroatoms. The lowest BCUT2D eigenvalue weighted by atomic mass is 9.96. The first-order chi connectivity index (χ1) is 14.6. The fourth-order valence-electron chi connectivity index (χ4n) is 3.67. The average Bonchev–Trinajstić information content (AvgIpc) is 3.27. The van der Waals surface area contributed by atoms with Gasteiger partial charge in [0.2, 0.25) is 0 Å². The first-order valence-electron chi connectivity index (χ1n) is 9.77. The number of amides is 1. The van der Waals surface area contributed by atoms with Crippen LogP contribution < -0.4 is 21.0 Å². The molecule has 3 aromatic rings. The predicted molar refractivity (Wildman–Crippen MR) is 116 cm³/mol. The van der Waals surface area contributed by atoms with E-state index in [2.05, 4.69) is 45.6 Å². The summed E-state index contributed by atoms with van der Waals surface area (Å²) >= 11 is 0. The molecule has 1 saturated heterocycles. The van der Waals surface area contributed by atoms with Gasteiger partial charge in [0.15, 0.2) is 11.5 Å². The topological polar surface area (TPSA) is 95.0 Å². The molecule has 0 radical (unpaired) electrons. The Morgan fingerprint density at radius 2 is 1.93 bits per heavy atom. The summed E-state index contributed by atoms with van der Waals surface area (Å²) in [6.45, 7) is 1.78. The summed E-state index contributed by atoms with van der Waals surface area (Å²) in [5, 5.41) is 16.3. The molecule has 154 valence electrons. The number of phenols is 1. The Morgan fingerprint density at radius 1 is 1.13 bits per heavy atom. The van der Waals surface area contributed by atoms with Crippen molar-refractivity contribution in [3.63, 3.8) is 0 Å². The smallest absolute Gasteiger partial charge is 0.258 e. The Labute approximate surface area is 174 Å². The number of ether oxygens (including phenoxy) is 1. The van der Waals surface area contributed by atoms with Crippen LogP contribution in [0.5, 0.6) is 11.5 Å². The van der Waals surface area contributed by atoms with Gasteiger partial charge in [-0.15, -0.1) is 0 Å². The van der Waals surface area contributed by atoms with Crippen LogP contribution >= 0.6 is 0 Å². The summed E-state index contributed by atoms with van der Waals surface area (Å²) in [5.41, 5.74) is 11.4. The van der Waals surface area contributed by atoms with Gasteiger partial charge in [0.05, 0.1) is 12.8 Å². The minimum Gasteiger partial charge on any atom is -0.504 e. The van der Waals surface area contributed by atoms with E-state index in [4.69, 9.17) is 4.74 Å². The molecule has 4 N–H and O–H groups in total. The number of methoxy groups -OCH3 is 1. The Hall–Kier alpha value is -3.42. The molecule has 3 aromatic carbocycles. The Kier molecular flexibility index (Phi) is 5.65. The number of benzene rings is 3. The number of hydrazine groups is 1. The van der Waals surface area contributed by atoms with Crippen LogP contribution in [0.3, 0.4) is 0 Å². The Balaban J connectivity index is 1.43. The van der Waals surface area contributed by atoms with Gasteiger partial charge in [0.1, 0.15) is 6.04 Å². The molecule has 1 heterocycles. The van der Waals surface area contributed by atoms with E-state index in [0.717, 1.165) is 11.1 Å². The van der Waals surface area contributed by atoms with Crippen molar-refractivity contribution in [1.82, 2.24) is 16.3 Å². The minimum atomic E-state index is -0.403. The van der Waals surface area contributed by atoms with E-state index in [1.165, 1.54) is 23.9 Å². The lowest BCUT2D eigenvalue weighted by Gasteiger charge is -2.13. The molecular weight excluding hydrogens is 380 g/mol. The van der Waals surface area contributed by atoms with Gasteiger partial charge in [-0.3, -0.25) is 4.79 Å². The molecule has 0 aliphatic carbocycles. The number of nitrogens with one attached hydrogen (secondary N) is 3. The third-order valence-electron chi connectivity index (χ3n) is 5.35. The lowest BCUT2D eigenvalue weighted by Crippen LogP contribution is -2.41. The highest BCUT2D eigenvalue weighted by Crippen LogP contribution is 2.29. The third kappa shape index (κ3) is 3.98. The normalized spacial score (nSPS) is 19.1. The molecule has 1 amide bonds. The average molecular weight is 404 g/mol. The molecule has 7 nitrogen and oxygen atoms in total. The number of hydrogen-bond acceptors (Lipinski definition) is 6. The molecule has 0 spiro atoms. The summed E-state index contributed by atoms with van der Waals surface area (Å²) in [5.74, 6) is 0.196. The van der Waals surface area contributed by atoms with Gasteiger partial charge < -0.3 is 9.84 Å². The summed E-state index contributed by atoms with van der Waals surface area (Å²) in [7, 11) is 1.48. The van der Waals surface area contributed by atoms with E-state index < -0.39 is 6.04 Å². The summed E-state index contributed by atoms with van der Waals surface area (Å²) in [6, 6.07) is 19.0. The molecule has 2 atom stereocenters. The maximum absolute atomic E-state index is 12.6. The fourth-order valence-corrected chi connectivity index (χ4v) is 3.67. The quantitative estimate of drug-likeness (QED) is 0.387. The zero-order valence-electron chi connectivity index (χ0n) is 16.8. The minimum absolute atomic E-state index is 0.0262. The van der Waals surface area contributed by atoms with Crippen LogP contribution in [0.4, 0.5) is 0 Å². The lowest BCUT2D eigenvalue weighted by molar-refractivity contribution is -0.122. The molecule has 0 saturated carbocycles. The third-order valence-corrected chi connectivity index (χ3v) is 5.35. The van der Waals surface area contributed by atoms with Crippen molar-refractivity contribution in [3.05, 3.63) is 71.8 Å². The summed E-state index contributed by atoms with van der Waals surface area (Å²) < 4.78 is 5.12. The van der Waals surface area contributed by atoms with Gasteiger partial charge in [0.25, 0.3) is 5.91 Å². The maximum atomic E-state index is 12.6. The number of hydrogen-bond donors (Lipinski definition) is 4. The second-order valence-corrected chi connectivity index (χ2v) is 7.26. The zero-order valence-corrected chi connectivity index (χ0v) is 16.8. The molecule has 0 bridgehead atoms. The molecule has 1 fully saturated rings. The van der Waals surface area contributed by atoms with Crippen LogP contribution in [0.2, 0.25) is 0 Å². The van der Waals surface area contributed by atoms with E-state index in [0.29, 0.717) is 17.9 Å². The number of fused-ring (bicyclic) bond motifs is 1. The summed E-state index contributed by atoms with van der Waals surface area (Å²) in [4.78, 5) is 12.6. The largest absolute Gasteiger partial charge is 0.504 e. The molecular formula is C23H24N4O3. The van der Waals surface area contributed by atoms with Gasteiger partial charge >= 0.3 is 0 Å². The van der Waals surface area contributed by atoms with Crippen molar-refractivity contribution in [2.75, 3.05) is 7.11 Å². The zero-order chi connectivity index (χ0) is 21.1. The van der Waals surface area contributed by atoms with Crippen molar-refractivity contribution in [1.29, 1.82) is 0 Å². The van der Waals surface area contributed by atoms with Crippen molar-refractivity contribution in [2.24, 2.45) is 5.10 Å². The number of carbonyl (C=O) groups is 1. The number of carbonyl (C=O) groups excluding carboxylic acids is 1. The van der Waals surface area contributed by atoms with Crippen molar-refractivity contribution < 1.29 is 14.6 Å². The number of phenolic OH excluding ortho intramolecular Hbond substituents is 1. The van der Waals surface area contributed by atoms with Crippen LogP contribution in [0.15, 0.2) is 65.8 Å². The fraction of sp³-hybridized carbons (Fsp3) is 0.217. The van der Waals surface area contributed by atoms with Crippen molar-refractivity contribution >= 4 is 22.4 Å². The van der Waals surface area contributed by atoms with Crippen LogP contribution in [0.25, 0.3) is 10.8 Å². The number of nitrogens with zero attached hydrogens (tertiary/aromatic N) is 1. The Morgan fingerprint density at radius 3 is 2.77 bits per heavy atom. The van der Waals surface area contributed by atoms with Gasteiger partial charge in [-0.25, -0.2) is 16.3 Å². The standard InChI is InChI=1S/C23H24N4O3/c1-14(16-10-11-21(28)22(12-16)30-2)24-27-23(29)20-13-19(25-26-20)18-9-5-7-15-6-3-4-8-17(15)18/h3-12,19-20,25-26,28H,13H2,1-2H3,(H,27,29)/b24-14+. The molecule has 1 aliphatic rings. The maximum Gasteiger partial charge on any atom is 0.258 e. The molecule has 2 unspecified atom stereocenters. The number of rotatable bonds is 5. The second-order valence-electron chi connectivity index (χ2n) is 7.26.